The van der Waals surface area contributed by atoms with Gasteiger partial charge >= 0.3 is 0 Å². The van der Waals surface area contributed by atoms with Crippen molar-refractivity contribution in [3.8, 4) is 0 Å². The van der Waals surface area contributed by atoms with E-state index < -0.39 is 10.0 Å². The average Bonchev–Trinajstić information content (AvgIpc) is 2.91. The van der Waals surface area contributed by atoms with E-state index in [1.54, 1.807) is 23.8 Å². The maximum atomic E-state index is 12.3. The van der Waals surface area contributed by atoms with Gasteiger partial charge < -0.3 is 9.15 Å². The van der Waals surface area contributed by atoms with Gasteiger partial charge in [-0.05, 0) is 19.4 Å². The largest absolute Gasteiger partial charge is 0.472 e. The zero-order valence-corrected chi connectivity index (χ0v) is 13.8. The van der Waals surface area contributed by atoms with Gasteiger partial charge in [-0.25, -0.2) is 8.42 Å². The molecule has 3 heterocycles. The summed E-state index contributed by atoms with van der Waals surface area (Å²) in [4.78, 5) is 2.36. The smallest absolute Gasteiger partial charge is 0.214 e. The standard InChI is InChI=1S/C15H24N2O4S/c1-2-22(18,19)17-6-8-21-12-14-10-16(5-3-15(14)17)9-13-4-7-20-11-13/h4,7,11,14-15H,2-3,5-6,8-10,12H2,1H3/t14-,15-/m1/s1. The molecule has 3 rings (SSSR count). The molecule has 2 fully saturated rings. The van der Waals surface area contributed by atoms with Crippen molar-refractivity contribution in [1.82, 2.24) is 9.21 Å². The highest BCUT2D eigenvalue weighted by atomic mass is 32.2. The minimum atomic E-state index is -3.16. The Morgan fingerprint density at radius 1 is 1.36 bits per heavy atom. The number of ether oxygens (including phenoxy) is 1. The van der Waals surface area contributed by atoms with Crippen molar-refractivity contribution < 1.29 is 17.6 Å². The Bertz CT molecular complexity index is 572. The number of furan rings is 1. The highest BCUT2D eigenvalue weighted by molar-refractivity contribution is 7.89. The van der Waals surface area contributed by atoms with Gasteiger partial charge in [0.25, 0.3) is 0 Å². The van der Waals surface area contributed by atoms with Gasteiger partial charge in [-0.1, -0.05) is 0 Å². The van der Waals surface area contributed by atoms with E-state index in [0.717, 1.165) is 31.6 Å². The quantitative estimate of drug-likeness (QED) is 0.830. The van der Waals surface area contributed by atoms with Crippen molar-refractivity contribution in [2.45, 2.75) is 25.9 Å². The Morgan fingerprint density at radius 2 is 2.23 bits per heavy atom. The summed E-state index contributed by atoms with van der Waals surface area (Å²) in [5.41, 5.74) is 1.16. The lowest BCUT2D eigenvalue weighted by Gasteiger charge is -2.41. The maximum absolute atomic E-state index is 12.3. The van der Waals surface area contributed by atoms with E-state index >= 15 is 0 Å². The average molecular weight is 328 g/mol. The number of rotatable bonds is 4. The molecule has 22 heavy (non-hydrogen) atoms. The van der Waals surface area contributed by atoms with Crippen LogP contribution in [0.15, 0.2) is 23.0 Å². The summed E-state index contributed by atoms with van der Waals surface area (Å²) in [6.07, 6.45) is 4.32. The molecule has 0 N–H and O–H groups in total. The fourth-order valence-electron chi connectivity index (χ4n) is 3.49. The third-order valence-corrected chi connectivity index (χ3v) is 6.54. The maximum Gasteiger partial charge on any atom is 0.214 e. The number of likely N-dealkylation sites (tertiary alicyclic amines) is 1. The summed E-state index contributed by atoms with van der Waals surface area (Å²) in [6.45, 7) is 5.95. The van der Waals surface area contributed by atoms with E-state index in [2.05, 4.69) is 4.90 Å². The van der Waals surface area contributed by atoms with Crippen molar-refractivity contribution in [2.75, 3.05) is 38.6 Å². The van der Waals surface area contributed by atoms with Crippen LogP contribution in [0.2, 0.25) is 0 Å². The SMILES string of the molecule is CCS(=O)(=O)N1CCOC[C@H]2CN(Cc3ccoc3)CC[C@H]21. The molecule has 124 valence electrons. The van der Waals surface area contributed by atoms with Gasteiger partial charge in [-0.2, -0.15) is 4.31 Å². The third kappa shape index (κ3) is 3.37. The highest BCUT2D eigenvalue weighted by Crippen LogP contribution is 2.28. The number of sulfonamides is 1. The molecule has 1 aromatic heterocycles. The molecule has 0 saturated carbocycles. The summed E-state index contributed by atoms with van der Waals surface area (Å²) < 4.78 is 37.2. The monoisotopic (exact) mass is 328 g/mol. The van der Waals surface area contributed by atoms with Crippen LogP contribution in [0, 0.1) is 5.92 Å². The molecule has 6 nitrogen and oxygen atoms in total. The van der Waals surface area contributed by atoms with Crippen molar-refractivity contribution >= 4 is 10.0 Å². The topological polar surface area (TPSA) is 63.0 Å². The normalized spacial score (nSPS) is 28.2. The Labute approximate surface area is 132 Å². The first-order valence-electron chi connectivity index (χ1n) is 7.91. The molecule has 2 atom stereocenters. The Kier molecular flexibility index (Phi) is 4.87. The Hall–Kier alpha value is -0.890. The molecule has 0 amide bonds. The lowest BCUT2D eigenvalue weighted by molar-refractivity contribution is 0.0612. The van der Waals surface area contributed by atoms with Gasteiger partial charge in [0.1, 0.15) is 0 Å². The van der Waals surface area contributed by atoms with Crippen LogP contribution in [-0.4, -0.2) is 62.3 Å². The van der Waals surface area contributed by atoms with Gasteiger partial charge in [-0.3, -0.25) is 4.90 Å². The Morgan fingerprint density at radius 3 is 2.95 bits per heavy atom. The van der Waals surface area contributed by atoms with E-state index in [9.17, 15) is 8.42 Å². The molecule has 1 aromatic rings. The summed E-state index contributed by atoms with van der Waals surface area (Å²) >= 11 is 0. The summed E-state index contributed by atoms with van der Waals surface area (Å²) in [5, 5.41) is 0. The van der Waals surface area contributed by atoms with Crippen molar-refractivity contribution in [3.05, 3.63) is 24.2 Å². The second-order valence-corrected chi connectivity index (χ2v) is 8.28. The van der Waals surface area contributed by atoms with Gasteiger partial charge in [0, 0.05) is 43.7 Å². The zero-order valence-electron chi connectivity index (χ0n) is 13.0. The van der Waals surface area contributed by atoms with E-state index in [1.165, 1.54) is 0 Å². The van der Waals surface area contributed by atoms with Crippen LogP contribution in [0.5, 0.6) is 0 Å². The second-order valence-electron chi connectivity index (χ2n) is 6.07. The molecule has 2 saturated heterocycles. The minimum absolute atomic E-state index is 0.0769. The molecule has 2 aliphatic heterocycles. The predicted octanol–water partition coefficient (Wildman–Crippen LogP) is 1.15. The fraction of sp³-hybridized carbons (Fsp3) is 0.733. The van der Waals surface area contributed by atoms with Gasteiger partial charge in [0.15, 0.2) is 0 Å². The molecule has 0 unspecified atom stereocenters. The molecule has 0 bridgehead atoms. The lowest BCUT2D eigenvalue weighted by Crippen LogP contribution is -2.53. The first kappa shape index (κ1) is 16.0. The van der Waals surface area contributed by atoms with Crippen LogP contribution in [-0.2, 0) is 21.3 Å². The van der Waals surface area contributed by atoms with E-state index in [4.69, 9.17) is 9.15 Å². The van der Waals surface area contributed by atoms with Crippen LogP contribution in [0.4, 0.5) is 0 Å². The molecular formula is C15H24N2O4S. The van der Waals surface area contributed by atoms with Crippen LogP contribution in [0.1, 0.15) is 18.9 Å². The number of piperidine rings is 1. The van der Waals surface area contributed by atoms with Crippen LogP contribution < -0.4 is 0 Å². The summed E-state index contributed by atoms with van der Waals surface area (Å²) in [7, 11) is -3.16. The minimum Gasteiger partial charge on any atom is -0.472 e. The van der Waals surface area contributed by atoms with Crippen molar-refractivity contribution in [2.24, 2.45) is 5.92 Å². The molecule has 7 heteroatoms. The van der Waals surface area contributed by atoms with Crippen LogP contribution in [0.25, 0.3) is 0 Å². The predicted molar refractivity (Wildman–Crippen MR) is 82.9 cm³/mol. The summed E-state index contributed by atoms with van der Waals surface area (Å²) in [6, 6.07) is 2.05. The molecule has 2 aliphatic rings. The lowest BCUT2D eigenvalue weighted by atomic mass is 9.92. The number of nitrogens with zero attached hydrogens (tertiary/aromatic N) is 2. The number of hydrogen-bond donors (Lipinski definition) is 0. The van der Waals surface area contributed by atoms with Gasteiger partial charge in [0.05, 0.1) is 31.5 Å². The first-order chi connectivity index (χ1) is 10.6. The Balaban J connectivity index is 1.71. The zero-order chi connectivity index (χ0) is 15.6. The van der Waals surface area contributed by atoms with Gasteiger partial charge in [-0.15, -0.1) is 0 Å². The van der Waals surface area contributed by atoms with Crippen LogP contribution >= 0.6 is 0 Å². The van der Waals surface area contributed by atoms with E-state index in [-0.39, 0.29) is 17.7 Å². The second kappa shape index (κ2) is 6.70. The van der Waals surface area contributed by atoms with Crippen LogP contribution in [0.3, 0.4) is 0 Å². The molecular weight excluding hydrogens is 304 g/mol. The fourth-order valence-corrected chi connectivity index (χ4v) is 4.86. The molecule has 0 spiro atoms. The number of hydrogen-bond acceptors (Lipinski definition) is 5. The molecule has 0 radical (unpaired) electrons. The summed E-state index contributed by atoms with van der Waals surface area (Å²) in [5.74, 6) is 0.402. The van der Waals surface area contributed by atoms with Gasteiger partial charge in [0.2, 0.25) is 10.0 Å². The van der Waals surface area contributed by atoms with E-state index in [0.29, 0.717) is 19.8 Å². The van der Waals surface area contributed by atoms with E-state index in [1.807, 2.05) is 6.07 Å². The van der Waals surface area contributed by atoms with Crippen molar-refractivity contribution in [3.63, 3.8) is 0 Å². The molecule has 0 aliphatic carbocycles. The first-order valence-corrected chi connectivity index (χ1v) is 9.52. The molecule has 0 aromatic carbocycles. The van der Waals surface area contributed by atoms with Crippen molar-refractivity contribution in [1.29, 1.82) is 0 Å². The third-order valence-electron chi connectivity index (χ3n) is 4.64. The highest BCUT2D eigenvalue weighted by Gasteiger charge is 2.39. The number of fused-ring (bicyclic) bond motifs is 1.